The summed E-state index contributed by atoms with van der Waals surface area (Å²) < 4.78 is 11.2. The van der Waals surface area contributed by atoms with Crippen molar-refractivity contribution < 1.29 is 4.21 Å². The molecule has 0 aromatic heterocycles. The molecule has 2 saturated heterocycles. The van der Waals surface area contributed by atoms with Gasteiger partial charge in [0.2, 0.25) is 0 Å². The Morgan fingerprint density at radius 1 is 1.27 bits per heavy atom. The normalized spacial score (nSPS) is 37.7. The third-order valence-corrected chi connectivity index (χ3v) is 7.13. The zero-order chi connectivity index (χ0) is 10.5. The van der Waals surface area contributed by atoms with E-state index in [9.17, 15) is 4.21 Å². The Hall–Kier alpha value is 0.810. The van der Waals surface area contributed by atoms with Crippen molar-refractivity contribution in [2.45, 2.75) is 24.1 Å². The molecule has 1 N–H and O–H groups in total. The van der Waals surface area contributed by atoms with Crippen molar-refractivity contribution in [3.63, 3.8) is 0 Å². The Morgan fingerprint density at radius 2 is 2.07 bits per heavy atom. The Bertz CT molecular complexity index is 209. The summed E-state index contributed by atoms with van der Waals surface area (Å²) in [5, 5.41) is 4.45. The molecule has 0 aliphatic carbocycles. The topological polar surface area (TPSA) is 29.1 Å². The second-order valence-corrected chi connectivity index (χ2v) is 8.35. The lowest BCUT2D eigenvalue weighted by atomic mass is 10.1. The number of rotatable bonds is 3. The van der Waals surface area contributed by atoms with Crippen LogP contribution in [-0.2, 0) is 10.8 Å². The van der Waals surface area contributed by atoms with Gasteiger partial charge in [0.05, 0.1) is 0 Å². The van der Waals surface area contributed by atoms with Crippen LogP contribution >= 0.6 is 23.5 Å². The second kappa shape index (κ2) is 6.52. The van der Waals surface area contributed by atoms with Gasteiger partial charge in [0.25, 0.3) is 0 Å². The van der Waals surface area contributed by atoms with Crippen molar-refractivity contribution in [3.05, 3.63) is 0 Å². The molecule has 5 heteroatoms. The van der Waals surface area contributed by atoms with Crippen LogP contribution in [0.25, 0.3) is 0 Å². The van der Waals surface area contributed by atoms with E-state index in [1.165, 1.54) is 17.3 Å². The maximum atomic E-state index is 11.2. The summed E-state index contributed by atoms with van der Waals surface area (Å²) in [6, 6.07) is 0.634. The van der Waals surface area contributed by atoms with Gasteiger partial charge in [-0.1, -0.05) is 0 Å². The highest BCUT2D eigenvalue weighted by molar-refractivity contribution is 8.06. The van der Waals surface area contributed by atoms with Gasteiger partial charge in [-0.05, 0) is 12.8 Å². The lowest BCUT2D eigenvalue weighted by Gasteiger charge is -2.27. The summed E-state index contributed by atoms with van der Waals surface area (Å²) in [5.74, 6) is 5.75. The van der Waals surface area contributed by atoms with Crippen molar-refractivity contribution in [1.29, 1.82) is 0 Å². The molecule has 15 heavy (non-hydrogen) atoms. The molecule has 2 nitrogen and oxygen atoms in total. The minimum Gasteiger partial charge on any atom is -0.313 e. The van der Waals surface area contributed by atoms with Crippen LogP contribution in [0.1, 0.15) is 12.8 Å². The molecule has 2 rings (SSSR count). The van der Waals surface area contributed by atoms with Crippen molar-refractivity contribution in [1.82, 2.24) is 5.32 Å². The number of nitrogens with one attached hydrogen (secondary N) is 1. The minimum atomic E-state index is -0.519. The molecule has 0 bridgehead atoms. The third kappa shape index (κ3) is 4.29. The number of thioether (sulfide) groups is 2. The Kier molecular flexibility index (Phi) is 5.34. The number of hydrogen-bond acceptors (Lipinski definition) is 4. The summed E-state index contributed by atoms with van der Waals surface area (Å²) in [5.41, 5.74) is 0. The van der Waals surface area contributed by atoms with Crippen LogP contribution in [0.3, 0.4) is 0 Å². The molecule has 2 aliphatic heterocycles. The first-order chi connectivity index (χ1) is 7.34. The van der Waals surface area contributed by atoms with Crippen molar-refractivity contribution in [3.8, 4) is 0 Å². The Balaban J connectivity index is 1.62. The Morgan fingerprint density at radius 3 is 2.73 bits per heavy atom. The van der Waals surface area contributed by atoms with E-state index >= 15 is 0 Å². The van der Waals surface area contributed by atoms with E-state index in [-0.39, 0.29) is 0 Å². The lowest BCUT2D eigenvalue weighted by molar-refractivity contribution is 0.479. The zero-order valence-electron chi connectivity index (χ0n) is 8.94. The predicted molar refractivity (Wildman–Crippen MR) is 72.5 cm³/mol. The summed E-state index contributed by atoms with van der Waals surface area (Å²) in [7, 11) is -0.519. The molecule has 0 amide bonds. The summed E-state index contributed by atoms with van der Waals surface area (Å²) in [4.78, 5) is 0. The smallest absolute Gasteiger partial charge is 0.0263 e. The average molecular weight is 265 g/mol. The highest BCUT2D eigenvalue weighted by atomic mass is 32.2. The van der Waals surface area contributed by atoms with E-state index in [1.807, 2.05) is 0 Å². The standard InChI is InChI=1S/C10H19NOS3/c12-15-5-1-9(2-6-15)11-7-10-8-13-3-4-14-10/h9-11H,1-8H2. The summed E-state index contributed by atoms with van der Waals surface area (Å²) in [6.07, 6.45) is 2.22. The first kappa shape index (κ1) is 12.3. The molecule has 0 aromatic carbocycles. The zero-order valence-corrected chi connectivity index (χ0v) is 11.4. The predicted octanol–water partition coefficient (Wildman–Crippen LogP) is 1.34. The number of hydrogen-bond donors (Lipinski definition) is 1. The van der Waals surface area contributed by atoms with Crippen molar-refractivity contribution >= 4 is 34.3 Å². The fourth-order valence-corrected chi connectivity index (χ4v) is 5.87. The van der Waals surface area contributed by atoms with Crippen LogP contribution in [0.4, 0.5) is 0 Å². The second-order valence-electron chi connectivity index (χ2n) is 4.10. The first-order valence-electron chi connectivity index (χ1n) is 5.62. The quantitative estimate of drug-likeness (QED) is 0.834. The SMILES string of the molecule is O=S1CCC(NCC2CSCCS2)CC1. The van der Waals surface area contributed by atoms with E-state index in [1.54, 1.807) is 0 Å². The molecule has 0 saturated carbocycles. The molecule has 0 spiro atoms. The monoisotopic (exact) mass is 265 g/mol. The van der Waals surface area contributed by atoms with Gasteiger partial charge in [-0.15, -0.1) is 0 Å². The molecule has 2 heterocycles. The molecular weight excluding hydrogens is 246 g/mol. The lowest BCUT2D eigenvalue weighted by Crippen LogP contribution is -2.40. The van der Waals surface area contributed by atoms with Crippen molar-refractivity contribution in [2.75, 3.05) is 35.3 Å². The van der Waals surface area contributed by atoms with Crippen LogP contribution in [0, 0.1) is 0 Å². The van der Waals surface area contributed by atoms with Gasteiger partial charge < -0.3 is 5.32 Å². The van der Waals surface area contributed by atoms with E-state index < -0.39 is 10.8 Å². The average Bonchev–Trinajstić information content (AvgIpc) is 2.30. The molecule has 1 unspecified atom stereocenters. The maximum Gasteiger partial charge on any atom is 0.0263 e. The van der Waals surface area contributed by atoms with Gasteiger partial charge in [0.15, 0.2) is 0 Å². The van der Waals surface area contributed by atoms with Gasteiger partial charge >= 0.3 is 0 Å². The first-order valence-corrected chi connectivity index (χ1v) is 9.31. The molecular formula is C10H19NOS3. The molecule has 2 fully saturated rings. The van der Waals surface area contributed by atoms with Gasteiger partial charge in [0, 0.05) is 57.4 Å². The van der Waals surface area contributed by atoms with Crippen LogP contribution < -0.4 is 5.32 Å². The summed E-state index contributed by atoms with van der Waals surface area (Å²) in [6.45, 7) is 1.15. The van der Waals surface area contributed by atoms with Gasteiger partial charge in [0.1, 0.15) is 0 Å². The van der Waals surface area contributed by atoms with E-state index in [0.29, 0.717) is 6.04 Å². The Labute approximate surface area is 103 Å². The van der Waals surface area contributed by atoms with Gasteiger partial charge in [-0.25, -0.2) is 0 Å². The highest BCUT2D eigenvalue weighted by Gasteiger charge is 2.20. The van der Waals surface area contributed by atoms with Crippen molar-refractivity contribution in [2.24, 2.45) is 0 Å². The molecule has 1 atom stereocenters. The highest BCUT2D eigenvalue weighted by Crippen LogP contribution is 2.23. The fraction of sp³-hybridized carbons (Fsp3) is 1.00. The third-order valence-electron chi connectivity index (χ3n) is 2.91. The molecule has 88 valence electrons. The van der Waals surface area contributed by atoms with Crippen LogP contribution in [0.5, 0.6) is 0 Å². The van der Waals surface area contributed by atoms with Gasteiger partial charge in [-0.2, -0.15) is 23.5 Å². The van der Waals surface area contributed by atoms with E-state index in [4.69, 9.17) is 0 Å². The fourth-order valence-electron chi connectivity index (χ4n) is 1.95. The van der Waals surface area contributed by atoms with E-state index in [2.05, 4.69) is 28.8 Å². The molecule has 0 radical (unpaired) electrons. The maximum absolute atomic E-state index is 11.2. The molecule has 0 aromatic rings. The largest absolute Gasteiger partial charge is 0.313 e. The molecule has 2 aliphatic rings. The van der Waals surface area contributed by atoms with Crippen LogP contribution in [0.15, 0.2) is 0 Å². The van der Waals surface area contributed by atoms with E-state index in [0.717, 1.165) is 36.1 Å². The minimum absolute atomic E-state index is 0.519. The summed E-state index contributed by atoms with van der Waals surface area (Å²) >= 11 is 4.19. The van der Waals surface area contributed by atoms with Gasteiger partial charge in [-0.3, -0.25) is 4.21 Å². The van der Waals surface area contributed by atoms with Crippen LogP contribution in [0.2, 0.25) is 0 Å². The van der Waals surface area contributed by atoms with Crippen LogP contribution in [-0.4, -0.2) is 50.8 Å².